The predicted molar refractivity (Wildman–Crippen MR) is 112 cm³/mol. The van der Waals surface area contributed by atoms with Gasteiger partial charge in [-0.15, -0.1) is 10.2 Å². The van der Waals surface area contributed by atoms with Gasteiger partial charge in [-0.2, -0.15) is 0 Å². The van der Waals surface area contributed by atoms with Crippen molar-refractivity contribution >= 4 is 32.6 Å². The average Bonchev–Trinajstić information content (AvgIpc) is 3.45. The Hall–Kier alpha value is -3.13. The second kappa shape index (κ2) is 7.04. The zero-order chi connectivity index (χ0) is 20.0. The molecule has 1 aliphatic heterocycles. The molecule has 0 spiro atoms. The molecule has 0 N–H and O–H groups in total. The van der Waals surface area contributed by atoms with E-state index in [1.165, 1.54) is 0 Å². The maximum Gasteiger partial charge on any atom is 0.298 e. The molecule has 0 unspecified atom stereocenters. The van der Waals surface area contributed by atoms with E-state index >= 15 is 0 Å². The highest BCUT2D eigenvalue weighted by Crippen LogP contribution is 2.34. The number of carbonyl (C=O) groups excluding carboxylic acids is 1. The molecule has 0 saturated heterocycles. The summed E-state index contributed by atoms with van der Waals surface area (Å²) < 4.78 is 3.04. The second-order valence-electron chi connectivity index (χ2n) is 7.32. The molecule has 1 aliphatic rings. The van der Waals surface area contributed by atoms with Crippen molar-refractivity contribution in [1.82, 2.24) is 24.7 Å². The summed E-state index contributed by atoms with van der Waals surface area (Å²) in [6.07, 6.45) is 5.36. The van der Waals surface area contributed by atoms with Crippen molar-refractivity contribution in [2.75, 3.05) is 4.90 Å². The number of aromatic nitrogens is 5. The summed E-state index contributed by atoms with van der Waals surface area (Å²) in [5.74, 6) is 1.09. The molecule has 146 valence electrons. The number of carbonyl (C=O) groups is 1. The molecule has 1 aromatic carbocycles. The summed E-state index contributed by atoms with van der Waals surface area (Å²) in [5, 5.41) is 9.07. The fourth-order valence-electron chi connectivity index (χ4n) is 3.69. The van der Waals surface area contributed by atoms with Gasteiger partial charge < -0.3 is 4.57 Å². The van der Waals surface area contributed by atoms with Gasteiger partial charge in [-0.3, -0.25) is 14.7 Å². The molecule has 29 heavy (non-hydrogen) atoms. The van der Waals surface area contributed by atoms with Crippen LogP contribution >= 0.6 is 11.3 Å². The van der Waals surface area contributed by atoms with Crippen LogP contribution in [0.4, 0.5) is 5.13 Å². The van der Waals surface area contributed by atoms with E-state index in [4.69, 9.17) is 4.98 Å². The van der Waals surface area contributed by atoms with Gasteiger partial charge >= 0.3 is 0 Å². The number of amides is 1. The van der Waals surface area contributed by atoms with Gasteiger partial charge in [0.1, 0.15) is 5.82 Å². The summed E-state index contributed by atoms with van der Waals surface area (Å²) in [4.78, 5) is 24.3. The lowest BCUT2D eigenvalue weighted by molar-refractivity contribution is 0.0970. The van der Waals surface area contributed by atoms with E-state index in [2.05, 4.69) is 34.2 Å². The van der Waals surface area contributed by atoms with E-state index in [1.54, 1.807) is 28.6 Å². The molecule has 0 fully saturated rings. The van der Waals surface area contributed by atoms with Crippen molar-refractivity contribution in [3.05, 3.63) is 65.0 Å². The van der Waals surface area contributed by atoms with Crippen LogP contribution in [-0.4, -0.2) is 30.6 Å². The van der Waals surface area contributed by atoms with E-state index in [0.717, 1.165) is 52.1 Å². The summed E-state index contributed by atoms with van der Waals surface area (Å²) >= 11 is 1.54. The molecule has 0 aliphatic carbocycles. The third-order valence-electron chi connectivity index (χ3n) is 5.27. The number of aryl methyl sites for hydroxylation is 3. The molecular formula is C21H20N6OS. The van der Waals surface area contributed by atoms with Crippen molar-refractivity contribution in [3.8, 4) is 0 Å². The molecule has 8 heteroatoms. The normalized spacial score (nSPS) is 13.0. The van der Waals surface area contributed by atoms with Gasteiger partial charge in [-0.25, -0.2) is 4.98 Å². The standard InChI is InChI=1S/C21H20N6OS/c1-13-7-8-14(2)18-17(13)23-21(29-18)27(12-15-5-3-9-22-11-15)20(28)19-25-24-16-6-4-10-26(16)19/h3,5,7-9,11H,4,6,10,12H2,1-2H3. The molecule has 0 radical (unpaired) electrons. The molecule has 3 aromatic heterocycles. The van der Waals surface area contributed by atoms with Gasteiger partial charge in [0.05, 0.1) is 16.8 Å². The van der Waals surface area contributed by atoms with Gasteiger partial charge in [0.15, 0.2) is 5.13 Å². The summed E-state index contributed by atoms with van der Waals surface area (Å²) in [7, 11) is 0. The molecule has 4 heterocycles. The highest BCUT2D eigenvalue weighted by atomic mass is 32.1. The number of hydrogen-bond donors (Lipinski definition) is 0. The quantitative estimate of drug-likeness (QED) is 0.518. The minimum Gasteiger partial charge on any atom is -0.307 e. The Morgan fingerprint density at radius 2 is 2.07 bits per heavy atom. The lowest BCUT2D eigenvalue weighted by Gasteiger charge is -2.19. The lowest BCUT2D eigenvalue weighted by atomic mass is 10.1. The molecule has 0 saturated carbocycles. The third-order valence-corrected chi connectivity index (χ3v) is 6.48. The van der Waals surface area contributed by atoms with E-state index in [9.17, 15) is 4.79 Å². The molecule has 7 nitrogen and oxygen atoms in total. The fourth-order valence-corrected chi connectivity index (χ4v) is 4.80. The average molecular weight is 404 g/mol. The number of nitrogens with zero attached hydrogens (tertiary/aromatic N) is 6. The summed E-state index contributed by atoms with van der Waals surface area (Å²) in [6.45, 7) is 5.28. The van der Waals surface area contributed by atoms with Crippen LogP contribution in [0.2, 0.25) is 0 Å². The van der Waals surface area contributed by atoms with E-state index in [0.29, 0.717) is 17.5 Å². The van der Waals surface area contributed by atoms with Gasteiger partial charge in [0, 0.05) is 25.4 Å². The number of fused-ring (bicyclic) bond motifs is 2. The lowest BCUT2D eigenvalue weighted by Crippen LogP contribution is -2.32. The molecule has 0 bridgehead atoms. The Morgan fingerprint density at radius 1 is 1.21 bits per heavy atom. The topological polar surface area (TPSA) is 76.8 Å². The number of pyridine rings is 1. The molecule has 4 aromatic rings. The largest absolute Gasteiger partial charge is 0.307 e. The first-order valence-corrected chi connectivity index (χ1v) is 10.4. The minimum absolute atomic E-state index is 0.177. The van der Waals surface area contributed by atoms with Crippen LogP contribution in [-0.2, 0) is 19.5 Å². The Bertz CT molecular complexity index is 1170. The Balaban J connectivity index is 1.61. The highest BCUT2D eigenvalue weighted by Gasteiger charge is 2.29. The monoisotopic (exact) mass is 404 g/mol. The fraction of sp³-hybridized carbons (Fsp3) is 0.286. The zero-order valence-electron chi connectivity index (χ0n) is 16.3. The van der Waals surface area contributed by atoms with E-state index in [-0.39, 0.29) is 5.91 Å². The van der Waals surface area contributed by atoms with Crippen LogP contribution in [0.1, 0.15) is 39.6 Å². The Labute approximate surface area is 172 Å². The van der Waals surface area contributed by atoms with Crippen LogP contribution in [0.25, 0.3) is 10.2 Å². The number of rotatable bonds is 4. The van der Waals surface area contributed by atoms with Crippen LogP contribution in [0.15, 0.2) is 36.7 Å². The van der Waals surface area contributed by atoms with Crippen molar-refractivity contribution < 1.29 is 4.79 Å². The Morgan fingerprint density at radius 3 is 2.86 bits per heavy atom. The maximum absolute atomic E-state index is 13.6. The molecule has 1 amide bonds. The van der Waals surface area contributed by atoms with Crippen LogP contribution in [0, 0.1) is 13.8 Å². The van der Waals surface area contributed by atoms with Crippen molar-refractivity contribution in [3.63, 3.8) is 0 Å². The smallest absolute Gasteiger partial charge is 0.298 e. The summed E-state index contributed by atoms with van der Waals surface area (Å²) in [5.41, 5.74) is 4.15. The van der Waals surface area contributed by atoms with Crippen molar-refractivity contribution in [1.29, 1.82) is 0 Å². The zero-order valence-corrected chi connectivity index (χ0v) is 17.1. The first kappa shape index (κ1) is 17.9. The van der Waals surface area contributed by atoms with Crippen LogP contribution in [0.5, 0.6) is 0 Å². The first-order chi connectivity index (χ1) is 14.1. The van der Waals surface area contributed by atoms with Crippen molar-refractivity contribution in [2.45, 2.75) is 39.8 Å². The van der Waals surface area contributed by atoms with E-state index < -0.39 is 0 Å². The predicted octanol–water partition coefficient (Wildman–Crippen LogP) is 3.69. The molecular weight excluding hydrogens is 384 g/mol. The van der Waals surface area contributed by atoms with E-state index in [1.807, 2.05) is 23.6 Å². The SMILES string of the molecule is Cc1ccc(C)c2sc(N(Cc3cccnc3)C(=O)c3nnc4n3CCC4)nc12. The summed E-state index contributed by atoms with van der Waals surface area (Å²) in [6, 6.07) is 8.00. The molecule has 0 atom stereocenters. The Kier molecular flexibility index (Phi) is 4.35. The van der Waals surface area contributed by atoms with Crippen LogP contribution < -0.4 is 4.90 Å². The van der Waals surface area contributed by atoms with Gasteiger partial charge in [-0.1, -0.05) is 29.5 Å². The second-order valence-corrected chi connectivity index (χ2v) is 8.30. The van der Waals surface area contributed by atoms with Gasteiger partial charge in [0.25, 0.3) is 5.91 Å². The minimum atomic E-state index is -0.177. The maximum atomic E-state index is 13.6. The van der Waals surface area contributed by atoms with Crippen molar-refractivity contribution in [2.24, 2.45) is 0 Å². The number of hydrogen-bond acceptors (Lipinski definition) is 6. The first-order valence-electron chi connectivity index (χ1n) is 9.61. The van der Waals surface area contributed by atoms with Gasteiger partial charge in [0.2, 0.25) is 5.82 Å². The van der Waals surface area contributed by atoms with Crippen LogP contribution in [0.3, 0.4) is 0 Å². The third kappa shape index (κ3) is 3.09. The van der Waals surface area contributed by atoms with Gasteiger partial charge in [-0.05, 0) is 43.0 Å². The number of benzene rings is 1. The molecule has 5 rings (SSSR count). The highest BCUT2D eigenvalue weighted by molar-refractivity contribution is 7.22. The number of thiazole rings is 1. The number of anilines is 1.